The average molecular weight is 538 g/mol. The molecular weight excluding hydrogens is 532 g/mol. The fourth-order valence-corrected chi connectivity index (χ4v) is 0.428. The second-order valence-electron chi connectivity index (χ2n) is 1.39. The summed E-state index contributed by atoms with van der Waals surface area (Å²) in [4.78, 5) is 0. The van der Waals surface area contributed by atoms with E-state index in [1.165, 1.54) is 0 Å². The summed E-state index contributed by atoms with van der Waals surface area (Å²) in [7, 11) is 0.357. The van der Waals surface area contributed by atoms with Gasteiger partial charge in [-0.2, -0.15) is 0 Å². The number of aromatic hydroxyl groups is 1. The van der Waals surface area contributed by atoms with E-state index >= 15 is 0 Å². The van der Waals surface area contributed by atoms with Gasteiger partial charge in [-0.3, -0.25) is 0 Å². The fourth-order valence-electron chi connectivity index (χ4n) is 0.428. The summed E-state index contributed by atoms with van der Waals surface area (Å²) in [6, 6.07) is 8.71. The first-order chi connectivity index (χ1) is 4.81. The molecule has 0 aliphatic rings. The summed E-state index contributed by atoms with van der Waals surface area (Å²) in [5.74, 6) is 0.322. The van der Waals surface area contributed by atoms with Gasteiger partial charge in [0.05, 0.1) is 0 Å². The van der Waals surface area contributed by atoms with Crippen molar-refractivity contribution in [3.8, 4) is 5.75 Å². The van der Waals surface area contributed by atoms with Crippen LogP contribution in [0.5, 0.6) is 5.75 Å². The molecule has 0 aliphatic heterocycles. The summed E-state index contributed by atoms with van der Waals surface area (Å²) in [5, 5.41) is 8.63. The molecule has 0 aromatic heterocycles. The summed E-state index contributed by atoms with van der Waals surface area (Å²) < 4.78 is 0. The molecule has 1 nitrogen and oxygen atoms in total. The first-order valence-corrected chi connectivity index (χ1v) is 16.8. The minimum absolute atomic E-state index is 0.322. The van der Waals surface area contributed by atoms with Crippen LogP contribution in [0.15, 0.2) is 30.3 Å². The second-order valence-corrected chi connectivity index (χ2v) is 19.9. The maximum absolute atomic E-state index is 8.63. The van der Waals surface area contributed by atoms with Crippen molar-refractivity contribution >= 4 is 39.3 Å². The Morgan fingerprint density at radius 2 is 1.50 bits per heavy atom. The first-order valence-electron chi connectivity index (χ1n) is 2.40. The Kier molecular flexibility index (Phi) is 9.13. The zero-order valence-electron chi connectivity index (χ0n) is 4.94. The Bertz CT molecular complexity index is 157. The van der Waals surface area contributed by atoms with Gasteiger partial charge in [0.2, 0.25) is 0 Å². The van der Waals surface area contributed by atoms with Crippen LogP contribution < -0.4 is 0 Å². The van der Waals surface area contributed by atoms with Gasteiger partial charge in [0.1, 0.15) is 5.75 Å². The quantitative estimate of drug-likeness (QED) is 0.504. The predicted molar refractivity (Wildman–Crippen MR) is 56.1 cm³/mol. The monoisotopic (exact) mass is 540 g/mol. The molecule has 1 aromatic rings. The van der Waals surface area contributed by atoms with Crippen molar-refractivity contribution in [2.45, 2.75) is 0 Å². The van der Waals surface area contributed by atoms with Gasteiger partial charge in [0, 0.05) is 0 Å². The molecule has 0 saturated carbocycles. The number of rotatable bonds is 0. The van der Waals surface area contributed by atoms with Gasteiger partial charge in [-0.25, -0.2) is 0 Å². The Morgan fingerprint density at radius 3 is 1.70 bits per heavy atom. The van der Waals surface area contributed by atoms with Crippen LogP contribution in [-0.4, -0.2) is 5.11 Å². The number of phenols is 1. The Hall–Kier alpha value is 1.12. The third kappa shape index (κ3) is 7.23. The first kappa shape index (κ1) is 11.1. The van der Waals surface area contributed by atoms with Crippen molar-refractivity contribution in [3.63, 3.8) is 0 Å². The van der Waals surface area contributed by atoms with Gasteiger partial charge in [-0.1, -0.05) is 18.2 Å². The number of hydrogen-bond acceptors (Lipinski definition) is 1. The van der Waals surface area contributed by atoms with Crippen molar-refractivity contribution < 1.29 is 15.4 Å². The van der Waals surface area contributed by atoms with E-state index in [0.29, 0.717) is 16.1 Å². The normalized spacial score (nSPS) is 8.20. The maximum atomic E-state index is 8.63. The molecule has 0 aliphatic carbocycles. The van der Waals surface area contributed by atoms with Gasteiger partial charge < -0.3 is 5.11 Å². The zero-order valence-corrected chi connectivity index (χ0v) is 11.8. The van der Waals surface area contributed by atoms with Crippen molar-refractivity contribution in [1.82, 2.24) is 0 Å². The van der Waals surface area contributed by atoms with Crippen molar-refractivity contribution in [1.29, 1.82) is 0 Å². The topological polar surface area (TPSA) is 20.2 Å². The van der Waals surface area contributed by atoms with Crippen LogP contribution in [0, 0.1) is 0 Å². The minimum atomic E-state index is 0.322. The van der Waals surface area contributed by atoms with Gasteiger partial charge in [0.15, 0.2) is 0 Å². The van der Waals surface area contributed by atoms with Gasteiger partial charge in [-0.15, -0.1) is 0 Å². The molecule has 0 amide bonds. The summed E-state index contributed by atoms with van der Waals surface area (Å²) in [5.41, 5.74) is 0. The third-order valence-corrected chi connectivity index (χ3v) is 0.756. The molecule has 1 rings (SSSR count). The molecule has 4 heteroatoms. The van der Waals surface area contributed by atoms with Crippen LogP contribution in [-0.2, 0) is 10.3 Å². The van der Waals surface area contributed by atoms with E-state index in [2.05, 4.69) is 39.3 Å². The van der Waals surface area contributed by atoms with Crippen LogP contribution in [0.3, 0.4) is 0 Å². The number of hydrogen-bond donors (Lipinski definition) is 1. The average Bonchev–Trinajstić information content (AvgIpc) is 1.91. The van der Waals surface area contributed by atoms with Crippen LogP contribution in [0.4, 0.5) is 0 Å². The molecule has 0 bridgehead atoms. The van der Waals surface area contributed by atoms with Gasteiger partial charge in [-0.05, 0) is 12.1 Å². The zero-order chi connectivity index (χ0) is 7.82. The van der Waals surface area contributed by atoms with Gasteiger partial charge in [0.25, 0.3) is 0 Å². The number of para-hydroxylation sites is 1. The molecule has 0 unspecified atom stereocenters. The number of phenolic OH excluding ortho intramolecular Hbond substituents is 1. The third-order valence-electron chi connectivity index (χ3n) is 0.756. The van der Waals surface area contributed by atoms with E-state index in [0.717, 1.165) is 0 Å². The van der Waals surface area contributed by atoms with Crippen molar-refractivity contribution in [2.24, 2.45) is 0 Å². The summed E-state index contributed by atoms with van der Waals surface area (Å²) in [6.07, 6.45) is 0. The van der Waals surface area contributed by atoms with Crippen molar-refractivity contribution in [3.05, 3.63) is 30.3 Å². The molecule has 58 valence electrons. The molecule has 0 fully saturated rings. The van der Waals surface area contributed by atoms with Crippen LogP contribution >= 0.6 is 39.3 Å². The van der Waals surface area contributed by atoms with E-state index in [4.69, 9.17) is 5.11 Å². The number of benzene rings is 1. The second kappa shape index (κ2) is 8.22. The molecule has 0 heterocycles. The molecule has 0 radical (unpaired) electrons. The Morgan fingerprint density at radius 1 is 1.10 bits per heavy atom. The molecule has 0 spiro atoms. The predicted octanol–water partition coefficient (Wildman–Crippen LogP) is 3.16. The molecule has 1 aromatic carbocycles. The number of halogens is 2. The van der Waals surface area contributed by atoms with E-state index in [1.54, 1.807) is 24.3 Å². The van der Waals surface area contributed by atoms with Crippen LogP contribution in [0.1, 0.15) is 0 Å². The molecular formula is C6H6I2OOs. The van der Waals surface area contributed by atoms with E-state index < -0.39 is 0 Å². The van der Waals surface area contributed by atoms with Crippen LogP contribution in [0.2, 0.25) is 0 Å². The van der Waals surface area contributed by atoms with Gasteiger partial charge >= 0.3 is 49.7 Å². The Balaban J connectivity index is 0.000000236. The Labute approximate surface area is 89.6 Å². The SMILES string of the molecule is Oc1ccccc1.[I][Os][I]. The standard InChI is InChI=1S/C6H6O.2HI.Os/c7-6-4-2-1-3-5-6;;;/h1-5,7H;2*1H;/q;;;+2/p-2. The fraction of sp³-hybridized carbons (Fsp3) is 0. The van der Waals surface area contributed by atoms with E-state index in [-0.39, 0.29) is 0 Å². The van der Waals surface area contributed by atoms with Crippen molar-refractivity contribution in [2.75, 3.05) is 0 Å². The summed E-state index contributed by atoms with van der Waals surface area (Å²) in [6.45, 7) is 0. The van der Waals surface area contributed by atoms with E-state index in [1.807, 2.05) is 6.07 Å². The summed E-state index contributed by atoms with van der Waals surface area (Å²) >= 11 is 4.83. The molecule has 10 heavy (non-hydrogen) atoms. The van der Waals surface area contributed by atoms with Crippen LogP contribution in [0.25, 0.3) is 0 Å². The molecule has 0 atom stereocenters. The van der Waals surface area contributed by atoms with E-state index in [9.17, 15) is 0 Å². The molecule has 1 N–H and O–H groups in total. The molecule has 0 saturated heterocycles.